The quantitative estimate of drug-likeness (QED) is 0.145. The van der Waals surface area contributed by atoms with E-state index in [2.05, 4.69) is 15.7 Å². The molecule has 35 heavy (non-hydrogen) atoms. The van der Waals surface area contributed by atoms with Crippen LogP contribution in [0.5, 0.6) is 0 Å². The van der Waals surface area contributed by atoms with Gasteiger partial charge >= 0.3 is 5.97 Å². The second-order valence-electron chi connectivity index (χ2n) is 7.14. The molecule has 0 aliphatic rings. The third-order valence-corrected chi connectivity index (χ3v) is 6.13. The maximum Gasteiger partial charge on any atom is 0.340 e. The number of nitrogens with one attached hydrogen (secondary N) is 2. The summed E-state index contributed by atoms with van der Waals surface area (Å²) < 4.78 is 60.7. The molecule has 2 N–H and O–H groups in total. The molecule has 0 bridgehead atoms. The average Bonchev–Trinajstić information content (AvgIpc) is 3.47. The smallest absolute Gasteiger partial charge is 0.340 e. The van der Waals surface area contributed by atoms with Crippen molar-refractivity contribution in [3.05, 3.63) is 89.1 Å². The summed E-state index contributed by atoms with van der Waals surface area (Å²) in [6.07, 6.45) is 1.35. The van der Waals surface area contributed by atoms with Crippen molar-refractivity contribution in [2.75, 3.05) is 17.7 Å². The summed E-state index contributed by atoms with van der Waals surface area (Å²) in [7, 11) is 1.27. The number of rotatable bonds is 6. The Bertz CT molecular complexity index is 1380. The van der Waals surface area contributed by atoms with E-state index in [0.717, 1.165) is 15.1 Å². The molecule has 12 heteroatoms. The lowest BCUT2D eigenvalue weighted by atomic mass is 10.1. The van der Waals surface area contributed by atoms with Crippen LogP contribution in [-0.2, 0) is 11.3 Å². The average molecular weight is 521 g/mol. The summed E-state index contributed by atoms with van der Waals surface area (Å²) in [6.45, 7) is -0.550. The molecule has 2 aromatic carbocycles. The molecular formula is C23H16F4N4O2S2. The summed E-state index contributed by atoms with van der Waals surface area (Å²) in [5.41, 5.74) is 0.388. The van der Waals surface area contributed by atoms with Crippen molar-refractivity contribution in [1.29, 1.82) is 0 Å². The fourth-order valence-corrected chi connectivity index (χ4v) is 4.51. The highest BCUT2D eigenvalue weighted by Crippen LogP contribution is 2.36. The third-order valence-electron chi connectivity index (χ3n) is 4.83. The Kier molecular flexibility index (Phi) is 7.12. The summed E-state index contributed by atoms with van der Waals surface area (Å²) in [5, 5.41) is 10.3. The largest absolute Gasteiger partial charge is 0.465 e. The lowest BCUT2D eigenvalue weighted by Crippen LogP contribution is -2.20. The van der Waals surface area contributed by atoms with Gasteiger partial charge in [0, 0.05) is 23.2 Å². The Morgan fingerprint density at radius 1 is 1.06 bits per heavy atom. The van der Waals surface area contributed by atoms with Crippen LogP contribution in [0.15, 0.2) is 54.7 Å². The van der Waals surface area contributed by atoms with E-state index in [1.165, 1.54) is 30.7 Å². The number of nitrogens with zero attached hydrogens (tertiary/aromatic N) is 2. The molecule has 0 fully saturated rings. The number of thiocarbonyl (C=S) groups is 1. The number of anilines is 2. The van der Waals surface area contributed by atoms with Crippen LogP contribution >= 0.6 is 23.6 Å². The standard InChI is InChI=1S/C23H16F4N4O2S2/c1-33-22(32)13-9-17(12-5-3-2-4-6-12)35-21(13)29-23(34)28-18-7-8-31(30-18)11-14-19(26)15(24)10-16(25)20(14)27/h2-10H,11H2,1H3,(H2,28,29,30,34). The molecule has 6 nitrogen and oxygen atoms in total. The van der Waals surface area contributed by atoms with Gasteiger partial charge in [0.2, 0.25) is 0 Å². The summed E-state index contributed by atoms with van der Waals surface area (Å²) in [5.74, 6) is -6.34. The first-order valence-corrected chi connectivity index (χ1v) is 11.2. The molecule has 2 heterocycles. The second-order valence-corrected chi connectivity index (χ2v) is 8.60. The molecule has 0 spiro atoms. The number of carbonyl (C=O) groups excluding carboxylic acids is 1. The monoisotopic (exact) mass is 520 g/mol. The number of aromatic nitrogens is 2. The van der Waals surface area contributed by atoms with Crippen LogP contribution in [0.1, 0.15) is 15.9 Å². The first kappa shape index (κ1) is 24.4. The zero-order valence-corrected chi connectivity index (χ0v) is 19.6. The molecule has 0 aliphatic carbocycles. The van der Waals surface area contributed by atoms with E-state index >= 15 is 0 Å². The maximum atomic E-state index is 13.9. The van der Waals surface area contributed by atoms with Gasteiger partial charge in [-0.2, -0.15) is 5.10 Å². The Labute approximate surface area is 206 Å². The fourth-order valence-electron chi connectivity index (χ4n) is 3.18. The summed E-state index contributed by atoms with van der Waals surface area (Å²) >= 11 is 6.59. The predicted octanol–water partition coefficient (Wildman–Crippen LogP) is 5.81. The fraction of sp³-hybridized carbons (Fsp3) is 0.0870. The topological polar surface area (TPSA) is 68.2 Å². The van der Waals surface area contributed by atoms with Crippen molar-refractivity contribution in [2.24, 2.45) is 0 Å². The van der Waals surface area contributed by atoms with Gasteiger partial charge in [0.25, 0.3) is 0 Å². The van der Waals surface area contributed by atoms with Crippen molar-refractivity contribution in [2.45, 2.75) is 6.54 Å². The minimum atomic E-state index is -1.50. The Morgan fingerprint density at radius 3 is 2.40 bits per heavy atom. The van der Waals surface area contributed by atoms with Gasteiger partial charge in [-0.25, -0.2) is 22.4 Å². The van der Waals surface area contributed by atoms with E-state index in [1.54, 1.807) is 6.07 Å². The van der Waals surface area contributed by atoms with Crippen molar-refractivity contribution in [3.63, 3.8) is 0 Å². The number of benzene rings is 2. The van der Waals surface area contributed by atoms with Gasteiger partial charge in [-0.05, 0) is 23.8 Å². The molecule has 4 rings (SSSR count). The second kappa shape index (κ2) is 10.2. The number of carbonyl (C=O) groups is 1. The zero-order valence-electron chi connectivity index (χ0n) is 17.9. The number of halogens is 4. The van der Waals surface area contributed by atoms with Crippen molar-refractivity contribution >= 4 is 45.5 Å². The van der Waals surface area contributed by atoms with Gasteiger partial charge in [0.1, 0.15) is 5.00 Å². The number of thiophene rings is 1. The molecular weight excluding hydrogens is 504 g/mol. The van der Waals surface area contributed by atoms with E-state index in [9.17, 15) is 22.4 Å². The summed E-state index contributed by atoms with van der Waals surface area (Å²) in [4.78, 5) is 13.1. The normalized spacial score (nSPS) is 10.8. The van der Waals surface area contributed by atoms with Crippen LogP contribution in [0.4, 0.5) is 28.4 Å². The van der Waals surface area contributed by atoms with Crippen molar-refractivity contribution in [1.82, 2.24) is 9.78 Å². The molecule has 2 aromatic heterocycles. The molecule has 0 radical (unpaired) electrons. The molecule has 0 aliphatic heterocycles. The van der Waals surface area contributed by atoms with E-state index < -0.39 is 41.3 Å². The highest BCUT2D eigenvalue weighted by atomic mass is 32.1. The van der Waals surface area contributed by atoms with E-state index in [-0.39, 0.29) is 22.6 Å². The Balaban J connectivity index is 1.49. The van der Waals surface area contributed by atoms with E-state index in [0.29, 0.717) is 5.00 Å². The van der Waals surface area contributed by atoms with Crippen LogP contribution in [-0.4, -0.2) is 28.0 Å². The maximum absolute atomic E-state index is 13.9. The lowest BCUT2D eigenvalue weighted by molar-refractivity contribution is 0.0602. The minimum Gasteiger partial charge on any atom is -0.465 e. The number of methoxy groups -OCH3 is 1. The van der Waals surface area contributed by atoms with Crippen LogP contribution in [0.2, 0.25) is 0 Å². The zero-order chi connectivity index (χ0) is 25.1. The number of esters is 1. The van der Waals surface area contributed by atoms with Crippen molar-refractivity contribution < 1.29 is 27.1 Å². The summed E-state index contributed by atoms with van der Waals surface area (Å²) in [6, 6.07) is 12.7. The molecule has 0 amide bonds. The van der Waals surface area contributed by atoms with Crippen LogP contribution in [0.25, 0.3) is 10.4 Å². The van der Waals surface area contributed by atoms with Crippen LogP contribution in [0, 0.1) is 23.3 Å². The number of ether oxygens (including phenoxy) is 1. The molecule has 0 unspecified atom stereocenters. The molecule has 0 atom stereocenters. The molecule has 180 valence electrons. The first-order valence-electron chi connectivity index (χ1n) is 9.97. The van der Waals surface area contributed by atoms with Gasteiger partial charge in [0.15, 0.2) is 34.2 Å². The molecule has 0 saturated carbocycles. The molecule has 0 saturated heterocycles. The van der Waals surface area contributed by atoms with E-state index in [4.69, 9.17) is 17.0 Å². The van der Waals surface area contributed by atoms with Crippen LogP contribution < -0.4 is 10.6 Å². The van der Waals surface area contributed by atoms with Crippen LogP contribution in [0.3, 0.4) is 0 Å². The number of hydrogen-bond acceptors (Lipinski definition) is 5. The van der Waals surface area contributed by atoms with Crippen molar-refractivity contribution in [3.8, 4) is 10.4 Å². The van der Waals surface area contributed by atoms with Gasteiger partial charge in [-0.3, -0.25) is 4.68 Å². The highest BCUT2D eigenvalue weighted by Gasteiger charge is 2.21. The highest BCUT2D eigenvalue weighted by molar-refractivity contribution is 7.80. The third kappa shape index (κ3) is 5.33. The Morgan fingerprint density at radius 2 is 1.74 bits per heavy atom. The number of hydrogen-bond donors (Lipinski definition) is 2. The van der Waals surface area contributed by atoms with Gasteiger partial charge in [0.05, 0.1) is 24.8 Å². The lowest BCUT2D eigenvalue weighted by Gasteiger charge is -2.09. The Hall–Kier alpha value is -3.77. The van der Waals surface area contributed by atoms with Gasteiger partial charge < -0.3 is 15.4 Å². The van der Waals surface area contributed by atoms with E-state index in [1.807, 2.05) is 30.3 Å². The van der Waals surface area contributed by atoms with Gasteiger partial charge in [-0.1, -0.05) is 30.3 Å². The first-order chi connectivity index (χ1) is 16.8. The van der Waals surface area contributed by atoms with Gasteiger partial charge in [-0.15, -0.1) is 11.3 Å². The molecule has 4 aromatic rings. The SMILES string of the molecule is COC(=O)c1cc(-c2ccccc2)sc1NC(=S)Nc1ccn(Cc2c(F)c(F)cc(F)c2F)n1. The predicted molar refractivity (Wildman–Crippen MR) is 129 cm³/mol. The minimum absolute atomic E-state index is 0.0797.